The molecule has 3 rings (SSSR count). The minimum atomic E-state index is -0.487. The van der Waals surface area contributed by atoms with Crippen LogP contribution < -0.4 is 5.32 Å². The van der Waals surface area contributed by atoms with Crippen LogP contribution in [0.1, 0.15) is 29.1 Å². The van der Waals surface area contributed by atoms with E-state index in [0.29, 0.717) is 30.2 Å². The number of fused-ring (bicyclic) bond motifs is 1. The summed E-state index contributed by atoms with van der Waals surface area (Å²) in [6.07, 6.45) is 0. The topological polar surface area (TPSA) is 56.1 Å². The number of hydrogen-bond donors (Lipinski definition) is 1. The third-order valence-electron chi connectivity index (χ3n) is 3.67. The van der Waals surface area contributed by atoms with Gasteiger partial charge < -0.3 is 14.6 Å². The fourth-order valence-electron chi connectivity index (χ4n) is 2.69. The average molecular weight is 324 g/mol. The van der Waals surface area contributed by atoms with Gasteiger partial charge in [-0.2, -0.15) is 0 Å². The van der Waals surface area contributed by atoms with Crippen LogP contribution in [0.3, 0.4) is 0 Å². The van der Waals surface area contributed by atoms with E-state index in [1.54, 1.807) is 13.2 Å². The SMILES string of the molecule is COC[C@@H](C)n1c(-c2ccc(F)c(Cl)c2)nc2c1CNC2=O. The lowest BCUT2D eigenvalue weighted by Crippen LogP contribution is -2.18. The second kappa shape index (κ2) is 5.70. The minimum absolute atomic E-state index is 0.0206. The molecule has 22 heavy (non-hydrogen) atoms. The largest absolute Gasteiger partial charge is 0.383 e. The molecular formula is C15H15ClFN3O2. The van der Waals surface area contributed by atoms with Crippen molar-refractivity contribution in [2.45, 2.75) is 19.5 Å². The van der Waals surface area contributed by atoms with Crippen LogP contribution in [-0.2, 0) is 11.3 Å². The van der Waals surface area contributed by atoms with Crippen molar-refractivity contribution < 1.29 is 13.9 Å². The molecule has 0 saturated heterocycles. The highest BCUT2D eigenvalue weighted by Crippen LogP contribution is 2.31. The molecule has 0 radical (unpaired) electrons. The highest BCUT2D eigenvalue weighted by Gasteiger charge is 2.30. The average Bonchev–Trinajstić information content (AvgIpc) is 3.02. The third-order valence-corrected chi connectivity index (χ3v) is 3.96. The number of amides is 1. The normalized spacial score (nSPS) is 14.8. The maximum absolute atomic E-state index is 13.4. The summed E-state index contributed by atoms with van der Waals surface area (Å²) in [4.78, 5) is 16.3. The van der Waals surface area contributed by atoms with Crippen LogP contribution in [-0.4, -0.2) is 29.2 Å². The molecule has 1 aliphatic heterocycles. The molecule has 2 aromatic rings. The summed E-state index contributed by atoms with van der Waals surface area (Å²) in [6.45, 7) is 2.87. The van der Waals surface area contributed by atoms with Crippen molar-refractivity contribution in [3.63, 3.8) is 0 Å². The van der Waals surface area contributed by atoms with Crippen LogP contribution in [0.2, 0.25) is 5.02 Å². The van der Waals surface area contributed by atoms with E-state index in [1.165, 1.54) is 12.1 Å². The molecule has 1 amide bonds. The monoisotopic (exact) mass is 323 g/mol. The molecule has 116 valence electrons. The van der Waals surface area contributed by atoms with E-state index < -0.39 is 5.82 Å². The van der Waals surface area contributed by atoms with Crippen LogP contribution in [0.25, 0.3) is 11.4 Å². The number of methoxy groups -OCH3 is 1. The Hall–Kier alpha value is -1.92. The van der Waals surface area contributed by atoms with E-state index in [-0.39, 0.29) is 17.0 Å². The summed E-state index contributed by atoms with van der Waals surface area (Å²) >= 11 is 5.86. The molecule has 0 saturated carbocycles. The second-order valence-corrected chi connectivity index (χ2v) is 5.62. The van der Waals surface area contributed by atoms with Crippen molar-refractivity contribution in [2.75, 3.05) is 13.7 Å². The number of ether oxygens (including phenoxy) is 1. The Balaban J connectivity index is 2.16. The fourth-order valence-corrected chi connectivity index (χ4v) is 2.87. The molecule has 0 spiro atoms. The molecule has 0 fully saturated rings. The molecule has 1 N–H and O–H groups in total. The van der Waals surface area contributed by atoms with Crippen molar-refractivity contribution >= 4 is 17.5 Å². The van der Waals surface area contributed by atoms with Crippen LogP contribution in [0, 0.1) is 5.82 Å². The zero-order valence-corrected chi connectivity index (χ0v) is 12.9. The number of benzene rings is 1. The number of aromatic nitrogens is 2. The van der Waals surface area contributed by atoms with Gasteiger partial charge in [-0.3, -0.25) is 4.79 Å². The van der Waals surface area contributed by atoms with Gasteiger partial charge in [-0.15, -0.1) is 0 Å². The summed E-state index contributed by atoms with van der Waals surface area (Å²) in [5.41, 5.74) is 1.87. The van der Waals surface area contributed by atoms with E-state index in [1.807, 2.05) is 11.5 Å². The predicted molar refractivity (Wildman–Crippen MR) is 80.4 cm³/mol. The summed E-state index contributed by atoms with van der Waals surface area (Å²) in [6, 6.07) is 4.39. The van der Waals surface area contributed by atoms with Crippen LogP contribution in [0.4, 0.5) is 4.39 Å². The number of carbonyl (C=O) groups excluding carboxylic acids is 1. The van der Waals surface area contributed by atoms with Gasteiger partial charge in [0, 0.05) is 12.7 Å². The molecule has 1 aromatic heterocycles. The maximum Gasteiger partial charge on any atom is 0.272 e. The zero-order chi connectivity index (χ0) is 15.9. The van der Waals surface area contributed by atoms with Gasteiger partial charge in [0.15, 0.2) is 5.69 Å². The molecule has 0 aliphatic carbocycles. The van der Waals surface area contributed by atoms with E-state index >= 15 is 0 Å². The van der Waals surface area contributed by atoms with E-state index in [0.717, 1.165) is 5.69 Å². The van der Waals surface area contributed by atoms with Crippen LogP contribution in [0.5, 0.6) is 0 Å². The van der Waals surface area contributed by atoms with Gasteiger partial charge in [0.25, 0.3) is 5.91 Å². The quantitative estimate of drug-likeness (QED) is 0.941. The Bertz CT molecular complexity index is 745. The molecule has 1 aliphatic rings. The molecule has 2 heterocycles. The Kier molecular flexibility index (Phi) is 3.88. The number of nitrogens with zero attached hydrogens (tertiary/aromatic N) is 2. The summed E-state index contributed by atoms with van der Waals surface area (Å²) in [5.74, 6) is -0.0992. The number of rotatable bonds is 4. The number of nitrogens with one attached hydrogen (secondary N) is 1. The third kappa shape index (κ3) is 2.38. The summed E-state index contributed by atoms with van der Waals surface area (Å²) in [5, 5.41) is 2.78. The van der Waals surface area contributed by atoms with E-state index in [2.05, 4.69) is 10.3 Å². The van der Waals surface area contributed by atoms with Crippen LogP contribution in [0.15, 0.2) is 18.2 Å². The van der Waals surface area contributed by atoms with Crippen LogP contribution >= 0.6 is 11.6 Å². The van der Waals surface area contributed by atoms with Gasteiger partial charge in [-0.1, -0.05) is 11.6 Å². The molecule has 0 bridgehead atoms. The molecule has 1 aromatic carbocycles. The van der Waals surface area contributed by atoms with E-state index in [4.69, 9.17) is 16.3 Å². The molecule has 7 heteroatoms. The second-order valence-electron chi connectivity index (χ2n) is 5.22. The smallest absolute Gasteiger partial charge is 0.272 e. The molecule has 1 atom stereocenters. The van der Waals surface area contributed by atoms with Crippen molar-refractivity contribution in [3.8, 4) is 11.4 Å². The minimum Gasteiger partial charge on any atom is -0.383 e. The zero-order valence-electron chi connectivity index (χ0n) is 12.2. The number of carbonyl (C=O) groups is 1. The van der Waals surface area contributed by atoms with Gasteiger partial charge in [-0.05, 0) is 25.1 Å². The first-order valence-electron chi connectivity index (χ1n) is 6.86. The standard InChI is InChI=1S/C15H15ClFN3O2/c1-8(7-22-2)20-12-6-18-15(21)13(12)19-14(20)9-3-4-11(17)10(16)5-9/h3-5,8H,6-7H2,1-2H3,(H,18,21)/t8-/m1/s1. The lowest BCUT2D eigenvalue weighted by atomic mass is 10.2. The van der Waals surface area contributed by atoms with Crippen molar-refractivity contribution in [3.05, 3.63) is 40.4 Å². The summed E-state index contributed by atoms with van der Waals surface area (Å²) in [7, 11) is 1.62. The van der Waals surface area contributed by atoms with Gasteiger partial charge in [0.05, 0.1) is 29.9 Å². The Morgan fingerprint density at radius 3 is 3.00 bits per heavy atom. The number of hydrogen-bond acceptors (Lipinski definition) is 3. The van der Waals surface area contributed by atoms with Crippen molar-refractivity contribution in [2.24, 2.45) is 0 Å². The maximum atomic E-state index is 13.4. The van der Waals surface area contributed by atoms with Gasteiger partial charge >= 0.3 is 0 Å². The van der Waals surface area contributed by atoms with Gasteiger partial charge in [-0.25, -0.2) is 9.37 Å². The van der Waals surface area contributed by atoms with Gasteiger partial charge in [0.1, 0.15) is 11.6 Å². The first kappa shape index (κ1) is 15.0. The van der Waals surface area contributed by atoms with Crippen molar-refractivity contribution in [1.82, 2.24) is 14.9 Å². The Morgan fingerprint density at radius 1 is 1.55 bits per heavy atom. The highest BCUT2D eigenvalue weighted by atomic mass is 35.5. The molecular weight excluding hydrogens is 309 g/mol. The number of halogens is 2. The predicted octanol–water partition coefficient (Wildman–Crippen LogP) is 2.79. The molecule has 0 unspecified atom stereocenters. The summed E-state index contributed by atoms with van der Waals surface area (Å²) < 4.78 is 20.5. The Labute approximate surface area is 132 Å². The van der Waals surface area contributed by atoms with E-state index in [9.17, 15) is 9.18 Å². The Morgan fingerprint density at radius 2 is 2.32 bits per heavy atom. The highest BCUT2D eigenvalue weighted by molar-refractivity contribution is 6.31. The number of imidazole rings is 1. The fraction of sp³-hybridized carbons (Fsp3) is 0.333. The first-order chi connectivity index (χ1) is 10.5. The lowest BCUT2D eigenvalue weighted by molar-refractivity contribution is 0.0961. The first-order valence-corrected chi connectivity index (χ1v) is 7.24. The van der Waals surface area contributed by atoms with Crippen molar-refractivity contribution in [1.29, 1.82) is 0 Å². The lowest BCUT2D eigenvalue weighted by Gasteiger charge is -2.18. The molecule has 5 nitrogen and oxygen atoms in total. The van der Waals surface area contributed by atoms with Gasteiger partial charge in [0.2, 0.25) is 0 Å².